The van der Waals surface area contributed by atoms with E-state index in [2.05, 4.69) is 24.8 Å². The van der Waals surface area contributed by atoms with Gasteiger partial charge in [-0.25, -0.2) is 0 Å². The summed E-state index contributed by atoms with van der Waals surface area (Å²) in [7, 11) is 0. The molecule has 0 heterocycles. The average Bonchev–Trinajstić information content (AvgIpc) is 2.56. The molecule has 2 nitrogen and oxygen atoms in total. The predicted molar refractivity (Wildman–Crippen MR) is 100 cm³/mol. The van der Waals surface area contributed by atoms with Gasteiger partial charge in [0.05, 0.1) is 6.10 Å². The first-order chi connectivity index (χ1) is 11.2. The first-order valence-electron chi connectivity index (χ1n) is 8.74. The van der Waals surface area contributed by atoms with Gasteiger partial charge in [-0.15, -0.1) is 0 Å². The van der Waals surface area contributed by atoms with Gasteiger partial charge in [0.25, 0.3) is 0 Å². The molecule has 0 aliphatic heterocycles. The molecule has 3 heteroatoms. The average molecular weight is 334 g/mol. The number of aliphatic hydroxyl groups is 1. The second kappa shape index (κ2) is 9.27. The number of fused-ring (bicyclic) bond motifs is 1. The number of unbranched alkanes of at least 4 members (excludes halogenated alkanes) is 2. The van der Waals surface area contributed by atoms with Crippen LogP contribution in [0.25, 0.3) is 10.8 Å². The molecule has 126 valence electrons. The summed E-state index contributed by atoms with van der Waals surface area (Å²) in [6.07, 6.45) is 4.24. The highest BCUT2D eigenvalue weighted by Gasteiger charge is 2.15. The van der Waals surface area contributed by atoms with Crippen molar-refractivity contribution in [1.29, 1.82) is 0 Å². The molecule has 0 aliphatic carbocycles. The van der Waals surface area contributed by atoms with Gasteiger partial charge in [0.15, 0.2) is 0 Å². The topological polar surface area (TPSA) is 23.5 Å². The molecular weight excluding hydrogens is 306 g/mol. The molecule has 0 fully saturated rings. The molecule has 1 unspecified atom stereocenters. The zero-order valence-corrected chi connectivity index (χ0v) is 15.0. The van der Waals surface area contributed by atoms with Crippen LogP contribution in [-0.4, -0.2) is 29.6 Å². The van der Waals surface area contributed by atoms with Gasteiger partial charge in [0.2, 0.25) is 0 Å². The van der Waals surface area contributed by atoms with E-state index in [-0.39, 0.29) is 0 Å². The number of hydrogen-bond acceptors (Lipinski definition) is 2. The maximum Gasteiger partial charge on any atom is 0.0922 e. The van der Waals surface area contributed by atoms with Crippen molar-refractivity contribution in [3.05, 3.63) is 47.0 Å². The minimum Gasteiger partial charge on any atom is -0.387 e. The van der Waals surface area contributed by atoms with Crippen LogP contribution in [0.15, 0.2) is 36.4 Å². The fourth-order valence-corrected chi connectivity index (χ4v) is 3.13. The summed E-state index contributed by atoms with van der Waals surface area (Å²) in [5, 5.41) is 13.7. The Kier molecular flexibility index (Phi) is 7.35. The number of nitrogens with zero attached hydrogens (tertiary/aromatic N) is 1. The Labute approximate surface area is 145 Å². The fraction of sp³-hybridized carbons (Fsp3) is 0.500. The first kappa shape index (κ1) is 18.3. The van der Waals surface area contributed by atoms with Crippen LogP contribution >= 0.6 is 11.6 Å². The number of halogens is 1. The first-order valence-corrected chi connectivity index (χ1v) is 9.12. The van der Waals surface area contributed by atoms with Crippen molar-refractivity contribution in [3.63, 3.8) is 0 Å². The Bertz CT molecular complexity index is 606. The van der Waals surface area contributed by atoms with E-state index in [1.165, 1.54) is 25.7 Å². The zero-order valence-electron chi connectivity index (χ0n) is 14.3. The van der Waals surface area contributed by atoms with Gasteiger partial charge in [-0.05, 0) is 54.4 Å². The van der Waals surface area contributed by atoms with E-state index >= 15 is 0 Å². The lowest BCUT2D eigenvalue weighted by atomic mass is 10.00. The normalized spacial score (nSPS) is 12.9. The largest absolute Gasteiger partial charge is 0.387 e. The van der Waals surface area contributed by atoms with Crippen molar-refractivity contribution >= 4 is 22.4 Å². The molecule has 0 saturated heterocycles. The number of benzene rings is 2. The SMILES string of the molecule is CCCCN(CCCC)CC(O)c1cccc2ccc(Cl)cc12. The predicted octanol–water partition coefficient (Wildman–Crippen LogP) is 5.43. The highest BCUT2D eigenvalue weighted by molar-refractivity contribution is 6.31. The summed E-state index contributed by atoms with van der Waals surface area (Å²) in [5.74, 6) is 0. The van der Waals surface area contributed by atoms with Crippen molar-refractivity contribution in [2.75, 3.05) is 19.6 Å². The van der Waals surface area contributed by atoms with Gasteiger partial charge >= 0.3 is 0 Å². The van der Waals surface area contributed by atoms with E-state index in [0.717, 1.165) is 29.4 Å². The highest BCUT2D eigenvalue weighted by Crippen LogP contribution is 2.27. The van der Waals surface area contributed by atoms with Crippen LogP contribution in [0, 0.1) is 0 Å². The van der Waals surface area contributed by atoms with Gasteiger partial charge in [-0.1, -0.05) is 62.6 Å². The third kappa shape index (κ3) is 5.20. The molecule has 0 amide bonds. The van der Waals surface area contributed by atoms with Crippen molar-refractivity contribution < 1.29 is 5.11 Å². The minimum absolute atomic E-state index is 0.481. The van der Waals surface area contributed by atoms with Crippen LogP contribution in [-0.2, 0) is 0 Å². The maximum absolute atomic E-state index is 10.8. The highest BCUT2D eigenvalue weighted by atomic mass is 35.5. The van der Waals surface area contributed by atoms with Crippen molar-refractivity contribution in [2.24, 2.45) is 0 Å². The van der Waals surface area contributed by atoms with E-state index in [1.807, 2.05) is 30.3 Å². The van der Waals surface area contributed by atoms with Gasteiger partial charge in [-0.2, -0.15) is 0 Å². The molecular formula is C20H28ClNO. The smallest absolute Gasteiger partial charge is 0.0922 e. The Balaban J connectivity index is 2.17. The molecule has 0 radical (unpaired) electrons. The number of hydrogen-bond donors (Lipinski definition) is 1. The third-order valence-electron chi connectivity index (χ3n) is 4.32. The molecule has 0 aliphatic rings. The summed E-state index contributed by atoms with van der Waals surface area (Å²) in [5.41, 5.74) is 0.975. The quantitative estimate of drug-likeness (QED) is 0.661. The maximum atomic E-state index is 10.8. The van der Waals surface area contributed by atoms with E-state index < -0.39 is 6.10 Å². The van der Waals surface area contributed by atoms with Gasteiger partial charge < -0.3 is 10.0 Å². The summed E-state index contributed by atoms with van der Waals surface area (Å²) in [6, 6.07) is 12.0. The van der Waals surface area contributed by atoms with Crippen LogP contribution in [0.1, 0.15) is 51.2 Å². The lowest BCUT2D eigenvalue weighted by molar-refractivity contribution is 0.112. The van der Waals surface area contributed by atoms with Crippen LogP contribution < -0.4 is 0 Å². The van der Waals surface area contributed by atoms with Crippen LogP contribution in [0.5, 0.6) is 0 Å². The molecule has 2 aromatic rings. The lowest BCUT2D eigenvalue weighted by Crippen LogP contribution is -2.30. The Morgan fingerprint density at radius 2 is 1.74 bits per heavy atom. The lowest BCUT2D eigenvalue weighted by Gasteiger charge is -2.25. The Hall–Kier alpha value is -1.09. The van der Waals surface area contributed by atoms with Crippen LogP contribution in [0.2, 0.25) is 5.02 Å². The zero-order chi connectivity index (χ0) is 16.7. The molecule has 0 saturated carbocycles. The number of aliphatic hydroxyl groups excluding tert-OH is 1. The van der Waals surface area contributed by atoms with Crippen molar-refractivity contribution in [1.82, 2.24) is 4.90 Å². The van der Waals surface area contributed by atoms with Gasteiger partial charge in [-0.3, -0.25) is 0 Å². The second-order valence-corrected chi connectivity index (χ2v) is 6.67. The molecule has 2 rings (SSSR count). The summed E-state index contributed by atoms with van der Waals surface area (Å²) in [4.78, 5) is 2.39. The Morgan fingerprint density at radius 3 is 2.39 bits per heavy atom. The minimum atomic E-state index is -0.481. The number of rotatable bonds is 9. The van der Waals surface area contributed by atoms with Crippen LogP contribution in [0.3, 0.4) is 0 Å². The van der Waals surface area contributed by atoms with Crippen molar-refractivity contribution in [2.45, 2.75) is 45.6 Å². The van der Waals surface area contributed by atoms with Crippen LogP contribution in [0.4, 0.5) is 0 Å². The molecule has 0 aromatic heterocycles. The monoisotopic (exact) mass is 333 g/mol. The molecule has 2 aromatic carbocycles. The molecule has 0 bridgehead atoms. The summed E-state index contributed by atoms with van der Waals surface area (Å²) >= 11 is 6.15. The van der Waals surface area contributed by atoms with E-state index in [9.17, 15) is 5.11 Å². The molecule has 23 heavy (non-hydrogen) atoms. The van der Waals surface area contributed by atoms with E-state index in [4.69, 9.17) is 11.6 Å². The molecule has 1 N–H and O–H groups in total. The third-order valence-corrected chi connectivity index (χ3v) is 4.56. The molecule has 0 spiro atoms. The fourth-order valence-electron chi connectivity index (χ4n) is 2.96. The standard InChI is InChI=1S/C20H28ClNO/c1-3-5-12-22(13-6-4-2)15-20(23)18-9-7-8-16-10-11-17(21)14-19(16)18/h7-11,14,20,23H,3-6,12-13,15H2,1-2H3. The summed E-state index contributed by atoms with van der Waals surface area (Å²) in [6.45, 7) is 7.21. The Morgan fingerprint density at radius 1 is 1.04 bits per heavy atom. The second-order valence-electron chi connectivity index (χ2n) is 6.24. The van der Waals surface area contributed by atoms with Crippen molar-refractivity contribution in [3.8, 4) is 0 Å². The molecule has 1 atom stereocenters. The van der Waals surface area contributed by atoms with Gasteiger partial charge in [0.1, 0.15) is 0 Å². The van der Waals surface area contributed by atoms with E-state index in [0.29, 0.717) is 11.6 Å². The summed E-state index contributed by atoms with van der Waals surface area (Å²) < 4.78 is 0. The van der Waals surface area contributed by atoms with Gasteiger partial charge in [0, 0.05) is 11.6 Å². The van der Waals surface area contributed by atoms with E-state index in [1.54, 1.807) is 0 Å².